The van der Waals surface area contributed by atoms with E-state index in [1.54, 1.807) is 0 Å². The third-order valence-corrected chi connectivity index (χ3v) is 0.567. The van der Waals surface area contributed by atoms with Gasteiger partial charge in [0.05, 0.1) is 0 Å². The Balaban J connectivity index is -0.0000000450. The SMILES string of the molecule is CCCCl.[Cl-].[SH3+]. The van der Waals surface area contributed by atoms with E-state index in [-0.39, 0.29) is 25.9 Å². The van der Waals surface area contributed by atoms with Crippen LogP contribution >= 0.6 is 11.6 Å². The number of halogens is 2. The Morgan fingerprint density at radius 2 is 1.67 bits per heavy atom. The van der Waals surface area contributed by atoms with Crippen molar-refractivity contribution in [3.05, 3.63) is 0 Å². The van der Waals surface area contributed by atoms with Crippen molar-refractivity contribution < 1.29 is 12.4 Å². The van der Waals surface area contributed by atoms with Crippen LogP contribution in [0.4, 0.5) is 0 Å². The first-order valence-corrected chi connectivity index (χ1v) is 2.01. The average molecular weight is 149 g/mol. The highest BCUT2D eigenvalue weighted by atomic mass is 35.5. The standard InChI is InChI=1S/C3H7Cl.ClH.H2S/c1-2-3-4;;/h2-3H2,1H3;1H;1H2. The highest BCUT2D eigenvalue weighted by Gasteiger charge is 1.59. The fourth-order valence-electron chi connectivity index (χ4n) is 0. The van der Waals surface area contributed by atoms with Gasteiger partial charge in [0.25, 0.3) is 0 Å². The number of hydrogen-bond donors (Lipinski definition) is 0. The minimum atomic E-state index is 0. The van der Waals surface area contributed by atoms with Gasteiger partial charge in [-0.1, -0.05) is 20.4 Å². The molecule has 3 heteroatoms. The van der Waals surface area contributed by atoms with Gasteiger partial charge in [-0.25, -0.2) is 0 Å². The van der Waals surface area contributed by atoms with Gasteiger partial charge >= 0.3 is 0 Å². The van der Waals surface area contributed by atoms with Crippen LogP contribution < -0.4 is 12.4 Å². The Kier molecular flexibility index (Phi) is 44.1. The highest BCUT2D eigenvalue weighted by molar-refractivity contribution is 7.37. The molecule has 0 aliphatic rings. The van der Waals surface area contributed by atoms with Gasteiger partial charge in [0, 0.05) is 5.88 Å². The third-order valence-electron chi connectivity index (χ3n) is 0.189. The lowest BCUT2D eigenvalue weighted by Crippen LogP contribution is -3.00. The predicted octanol–water partition coefficient (Wildman–Crippen LogP) is -2.17. The van der Waals surface area contributed by atoms with Gasteiger partial charge in [-0.15, -0.1) is 11.6 Å². The molecule has 0 aliphatic carbocycles. The summed E-state index contributed by atoms with van der Waals surface area (Å²) in [6.07, 6.45) is 1.08. The molecule has 0 atom stereocenters. The van der Waals surface area contributed by atoms with Crippen LogP contribution in [0.5, 0.6) is 0 Å². The molecule has 0 bridgehead atoms. The van der Waals surface area contributed by atoms with Crippen molar-refractivity contribution in [2.24, 2.45) is 0 Å². The van der Waals surface area contributed by atoms with Gasteiger partial charge < -0.3 is 12.4 Å². The molecule has 0 N–H and O–H groups in total. The van der Waals surface area contributed by atoms with E-state index in [1.807, 2.05) is 6.92 Å². The van der Waals surface area contributed by atoms with Crippen molar-refractivity contribution in [2.75, 3.05) is 5.88 Å². The van der Waals surface area contributed by atoms with E-state index in [0.717, 1.165) is 12.3 Å². The van der Waals surface area contributed by atoms with Crippen LogP contribution in [0.3, 0.4) is 0 Å². The van der Waals surface area contributed by atoms with E-state index in [1.165, 1.54) is 0 Å². The molecule has 0 aromatic carbocycles. The van der Waals surface area contributed by atoms with Gasteiger partial charge in [0.2, 0.25) is 0 Å². The summed E-state index contributed by atoms with van der Waals surface area (Å²) in [5.41, 5.74) is 0. The number of hydrogen-bond acceptors (Lipinski definition) is 0. The molecule has 0 spiro atoms. The molecule has 0 heterocycles. The maximum Gasteiger partial charge on any atom is 0.0220 e. The molecule has 0 amide bonds. The lowest BCUT2D eigenvalue weighted by molar-refractivity contribution is -0.00000102. The summed E-state index contributed by atoms with van der Waals surface area (Å²) in [5.74, 6) is 0.792. The Morgan fingerprint density at radius 1 is 1.50 bits per heavy atom. The van der Waals surface area contributed by atoms with Crippen LogP contribution in [0, 0.1) is 0 Å². The minimum absolute atomic E-state index is 0. The fraction of sp³-hybridized carbons (Fsp3) is 1.00. The van der Waals surface area contributed by atoms with Crippen LogP contribution in [0.25, 0.3) is 0 Å². The molecule has 0 saturated carbocycles. The molecule has 6 heavy (non-hydrogen) atoms. The lowest BCUT2D eigenvalue weighted by Gasteiger charge is -1.65. The second-order valence-corrected chi connectivity index (χ2v) is 1.07. The van der Waals surface area contributed by atoms with Crippen molar-refractivity contribution in [1.29, 1.82) is 0 Å². The van der Waals surface area contributed by atoms with E-state index < -0.39 is 0 Å². The molecule has 0 nitrogen and oxygen atoms in total. The summed E-state index contributed by atoms with van der Waals surface area (Å²) < 4.78 is 0. The van der Waals surface area contributed by atoms with Crippen molar-refractivity contribution >= 4 is 25.1 Å². The van der Waals surface area contributed by atoms with E-state index in [2.05, 4.69) is 0 Å². The predicted molar refractivity (Wildman–Crippen MR) is 32.6 cm³/mol. The number of rotatable bonds is 1. The summed E-state index contributed by atoms with van der Waals surface area (Å²) in [4.78, 5) is 0. The van der Waals surface area contributed by atoms with Crippen LogP contribution in [-0.4, -0.2) is 5.88 Å². The van der Waals surface area contributed by atoms with Gasteiger partial charge in [0.1, 0.15) is 0 Å². The summed E-state index contributed by atoms with van der Waals surface area (Å²) in [7, 11) is 0. The average Bonchev–Trinajstić information content (AvgIpc) is 1.37. The maximum absolute atomic E-state index is 5.19. The monoisotopic (exact) mass is 148 g/mol. The topological polar surface area (TPSA) is 0 Å². The molecule has 0 aromatic heterocycles. The van der Waals surface area contributed by atoms with Crippen LogP contribution in [0.15, 0.2) is 0 Å². The van der Waals surface area contributed by atoms with E-state index >= 15 is 0 Å². The Hall–Kier alpha value is 0.930. The summed E-state index contributed by atoms with van der Waals surface area (Å²) in [6.45, 7) is 2.05. The van der Waals surface area contributed by atoms with Gasteiger partial charge in [-0.2, -0.15) is 0 Å². The summed E-state index contributed by atoms with van der Waals surface area (Å²) in [6, 6.07) is 0. The Bertz CT molecular complexity index is 10.8. The molecular weight excluding hydrogens is 139 g/mol. The van der Waals surface area contributed by atoms with Gasteiger partial charge in [-0.05, 0) is 6.42 Å². The van der Waals surface area contributed by atoms with Crippen molar-refractivity contribution in [2.45, 2.75) is 13.3 Å². The first kappa shape index (κ1) is 15.8. The smallest absolute Gasteiger partial charge is 0.0220 e. The molecule has 0 rings (SSSR count). The van der Waals surface area contributed by atoms with E-state index in [9.17, 15) is 0 Å². The van der Waals surface area contributed by atoms with Gasteiger partial charge in [0.15, 0.2) is 0 Å². The second kappa shape index (κ2) is 16.8. The second-order valence-electron chi connectivity index (χ2n) is 0.689. The van der Waals surface area contributed by atoms with Crippen molar-refractivity contribution in [1.82, 2.24) is 0 Å². The molecule has 0 radical (unpaired) electrons. The lowest BCUT2D eigenvalue weighted by atomic mass is 10.6. The normalized spacial score (nSPS) is 5.00. The largest absolute Gasteiger partial charge is 1.00 e. The van der Waals surface area contributed by atoms with Crippen LogP contribution in [-0.2, 0) is 13.5 Å². The highest BCUT2D eigenvalue weighted by Crippen LogP contribution is 1.75. The summed E-state index contributed by atoms with van der Waals surface area (Å²) >= 11 is 5.19. The van der Waals surface area contributed by atoms with Gasteiger partial charge in [-0.3, -0.25) is 0 Å². The molecular formula is C3H10Cl2S. The van der Waals surface area contributed by atoms with Crippen molar-refractivity contribution in [3.63, 3.8) is 0 Å². The zero-order chi connectivity index (χ0) is 3.41. The zero-order valence-electron chi connectivity index (χ0n) is 3.75. The van der Waals surface area contributed by atoms with E-state index in [4.69, 9.17) is 11.6 Å². The summed E-state index contributed by atoms with van der Waals surface area (Å²) in [5, 5.41) is 0. The van der Waals surface area contributed by atoms with Crippen LogP contribution in [0.2, 0.25) is 0 Å². The number of alkyl halides is 1. The quantitative estimate of drug-likeness (QED) is 0.294. The Labute approximate surface area is 57.1 Å². The minimum Gasteiger partial charge on any atom is -1.00 e. The maximum atomic E-state index is 5.19. The van der Waals surface area contributed by atoms with E-state index in [0.29, 0.717) is 0 Å². The first-order chi connectivity index (χ1) is 1.91. The molecule has 0 aliphatic heterocycles. The van der Waals surface area contributed by atoms with Crippen molar-refractivity contribution in [3.8, 4) is 0 Å². The third kappa shape index (κ3) is 20.4. The van der Waals surface area contributed by atoms with Crippen LogP contribution in [0.1, 0.15) is 13.3 Å². The molecule has 42 valence electrons. The molecule has 0 fully saturated rings. The Morgan fingerprint density at radius 3 is 1.67 bits per heavy atom. The molecule has 0 saturated heterocycles. The first-order valence-electron chi connectivity index (χ1n) is 1.47. The molecule has 0 aromatic rings. The molecule has 0 unspecified atom stereocenters. The zero-order valence-corrected chi connectivity index (χ0v) is 6.41. The fourth-order valence-corrected chi connectivity index (χ4v) is 0.